The second-order valence-corrected chi connectivity index (χ2v) is 7.38. The number of alkyl halides is 1. The van der Waals surface area contributed by atoms with Gasteiger partial charge < -0.3 is 0 Å². The smallest absolute Gasteiger partial charge is 0.264 e. The second-order valence-electron chi connectivity index (χ2n) is 4.84. The Labute approximate surface area is 134 Å². The number of fused-ring (bicyclic) bond motifs is 1. The first-order valence-corrected chi connectivity index (χ1v) is 8.84. The van der Waals surface area contributed by atoms with Crippen molar-refractivity contribution in [1.29, 1.82) is 0 Å². The van der Waals surface area contributed by atoms with E-state index in [1.165, 1.54) is 10.4 Å². The first kappa shape index (κ1) is 14.7. The summed E-state index contributed by atoms with van der Waals surface area (Å²) >= 11 is 11.8. The molecule has 0 atom stereocenters. The van der Waals surface area contributed by atoms with Gasteiger partial charge in [-0.1, -0.05) is 35.9 Å². The van der Waals surface area contributed by atoms with Crippen LogP contribution in [0.2, 0.25) is 5.02 Å². The molecular weight excluding hydrogens is 329 g/mol. The van der Waals surface area contributed by atoms with Gasteiger partial charge in [-0.3, -0.25) is 4.31 Å². The Morgan fingerprint density at radius 2 is 1.90 bits per heavy atom. The van der Waals surface area contributed by atoms with Crippen molar-refractivity contribution in [2.75, 3.05) is 10.8 Å². The number of benzene rings is 2. The van der Waals surface area contributed by atoms with Crippen molar-refractivity contribution >= 4 is 38.9 Å². The Kier molecular flexibility index (Phi) is 3.86. The van der Waals surface area contributed by atoms with Crippen LogP contribution >= 0.6 is 23.2 Å². The second kappa shape index (κ2) is 5.52. The van der Waals surface area contributed by atoms with Crippen molar-refractivity contribution in [1.82, 2.24) is 0 Å². The van der Waals surface area contributed by atoms with E-state index in [4.69, 9.17) is 23.2 Å². The maximum Gasteiger partial charge on any atom is 0.264 e. The molecule has 0 saturated carbocycles. The summed E-state index contributed by atoms with van der Waals surface area (Å²) in [6.45, 7) is 0.455. The molecule has 1 aliphatic heterocycles. The van der Waals surface area contributed by atoms with Gasteiger partial charge in [-0.05, 0) is 35.7 Å². The van der Waals surface area contributed by atoms with Gasteiger partial charge in [0.1, 0.15) is 0 Å². The molecule has 1 aliphatic rings. The fourth-order valence-corrected chi connectivity index (χ4v) is 4.63. The topological polar surface area (TPSA) is 37.4 Å². The van der Waals surface area contributed by atoms with E-state index in [2.05, 4.69) is 0 Å². The highest BCUT2D eigenvalue weighted by Crippen LogP contribution is 2.33. The van der Waals surface area contributed by atoms with Crippen LogP contribution in [0, 0.1) is 0 Å². The van der Waals surface area contributed by atoms with Gasteiger partial charge in [0.2, 0.25) is 0 Å². The zero-order chi connectivity index (χ0) is 15.0. The van der Waals surface area contributed by atoms with E-state index in [9.17, 15) is 8.42 Å². The van der Waals surface area contributed by atoms with E-state index in [1.807, 2.05) is 24.3 Å². The van der Waals surface area contributed by atoms with Gasteiger partial charge in [0.15, 0.2) is 0 Å². The number of hydrogen-bond acceptors (Lipinski definition) is 2. The molecule has 0 bridgehead atoms. The molecule has 21 heavy (non-hydrogen) atoms. The van der Waals surface area contributed by atoms with Crippen molar-refractivity contribution < 1.29 is 8.42 Å². The zero-order valence-corrected chi connectivity index (χ0v) is 13.4. The van der Waals surface area contributed by atoms with Crippen LogP contribution in [0.4, 0.5) is 5.69 Å². The van der Waals surface area contributed by atoms with E-state index < -0.39 is 10.0 Å². The molecule has 0 aromatic heterocycles. The number of rotatable bonds is 3. The van der Waals surface area contributed by atoms with Crippen LogP contribution < -0.4 is 4.31 Å². The highest BCUT2D eigenvalue weighted by molar-refractivity contribution is 7.92. The van der Waals surface area contributed by atoms with Gasteiger partial charge in [0.05, 0.1) is 10.6 Å². The Morgan fingerprint density at radius 3 is 2.62 bits per heavy atom. The number of halogens is 2. The van der Waals surface area contributed by atoms with Crippen LogP contribution in [0.5, 0.6) is 0 Å². The van der Waals surface area contributed by atoms with Crippen LogP contribution in [-0.2, 0) is 22.3 Å². The largest absolute Gasteiger partial charge is 0.266 e. The molecule has 0 radical (unpaired) electrons. The lowest BCUT2D eigenvalue weighted by Gasteiger charge is -2.20. The quantitative estimate of drug-likeness (QED) is 0.795. The fourth-order valence-electron chi connectivity index (χ4n) is 2.48. The molecule has 2 aromatic carbocycles. The minimum absolute atomic E-state index is 0.193. The van der Waals surface area contributed by atoms with Crippen LogP contribution in [0.15, 0.2) is 47.4 Å². The monoisotopic (exact) mass is 341 g/mol. The van der Waals surface area contributed by atoms with E-state index in [-0.39, 0.29) is 10.8 Å². The van der Waals surface area contributed by atoms with Gasteiger partial charge >= 0.3 is 0 Å². The van der Waals surface area contributed by atoms with Crippen molar-refractivity contribution in [3.63, 3.8) is 0 Å². The number of anilines is 1. The molecule has 110 valence electrons. The first-order valence-electron chi connectivity index (χ1n) is 6.49. The predicted octanol–water partition coefficient (Wildman–Crippen LogP) is 3.83. The van der Waals surface area contributed by atoms with Gasteiger partial charge in [-0.2, -0.15) is 0 Å². The normalized spacial score (nSPS) is 14.3. The Morgan fingerprint density at radius 1 is 1.14 bits per heavy atom. The maximum atomic E-state index is 12.8. The first-order chi connectivity index (χ1) is 10.0. The minimum atomic E-state index is -3.59. The summed E-state index contributed by atoms with van der Waals surface area (Å²) in [5, 5.41) is 0.374. The lowest BCUT2D eigenvalue weighted by Crippen LogP contribution is -2.29. The van der Waals surface area contributed by atoms with Crippen LogP contribution in [0.3, 0.4) is 0 Å². The molecule has 3 rings (SSSR count). The lowest BCUT2D eigenvalue weighted by molar-refractivity contribution is 0.592. The van der Waals surface area contributed by atoms with E-state index in [1.54, 1.807) is 12.1 Å². The van der Waals surface area contributed by atoms with E-state index >= 15 is 0 Å². The van der Waals surface area contributed by atoms with Gasteiger partial charge in [0, 0.05) is 17.4 Å². The molecule has 0 unspecified atom stereocenters. The highest BCUT2D eigenvalue weighted by Gasteiger charge is 2.30. The average molecular weight is 342 g/mol. The molecule has 0 spiro atoms. The molecule has 0 N–H and O–H groups in total. The molecule has 2 aromatic rings. The molecular formula is C15H13Cl2NO2S. The summed E-state index contributed by atoms with van der Waals surface area (Å²) in [4.78, 5) is 0.193. The third-order valence-electron chi connectivity index (χ3n) is 3.60. The lowest BCUT2D eigenvalue weighted by atomic mass is 10.2. The van der Waals surface area contributed by atoms with E-state index in [0.29, 0.717) is 11.6 Å². The summed E-state index contributed by atoms with van der Waals surface area (Å²) in [7, 11) is -3.59. The third-order valence-corrected chi connectivity index (χ3v) is 6.05. The van der Waals surface area contributed by atoms with Gasteiger partial charge in [-0.25, -0.2) is 8.42 Å². The number of nitrogens with zero attached hydrogens (tertiary/aromatic N) is 1. The van der Waals surface area contributed by atoms with Crippen molar-refractivity contribution in [3.05, 3.63) is 58.6 Å². The SMILES string of the molecule is O=S(=O)(c1ccc(CCl)c(Cl)c1)N1CCc2ccccc21. The molecule has 0 saturated heterocycles. The molecule has 0 fully saturated rings. The minimum Gasteiger partial charge on any atom is -0.266 e. The molecule has 0 aliphatic carbocycles. The van der Waals surface area contributed by atoms with Gasteiger partial charge in [-0.15, -0.1) is 11.6 Å². The molecule has 1 heterocycles. The maximum absolute atomic E-state index is 12.8. The number of sulfonamides is 1. The molecule has 6 heteroatoms. The Hall–Kier alpha value is -1.23. The van der Waals surface area contributed by atoms with E-state index in [0.717, 1.165) is 23.2 Å². The van der Waals surface area contributed by atoms with Crippen LogP contribution in [-0.4, -0.2) is 15.0 Å². The number of hydrogen-bond donors (Lipinski definition) is 0. The summed E-state index contributed by atoms with van der Waals surface area (Å²) in [6, 6.07) is 12.2. The highest BCUT2D eigenvalue weighted by atomic mass is 35.5. The Bertz CT molecular complexity index is 790. The summed E-state index contributed by atoms with van der Waals surface area (Å²) in [6.07, 6.45) is 0.725. The van der Waals surface area contributed by atoms with Crippen LogP contribution in [0.25, 0.3) is 0 Å². The molecule has 0 amide bonds. The average Bonchev–Trinajstić information content (AvgIpc) is 2.91. The van der Waals surface area contributed by atoms with Crippen molar-refractivity contribution in [2.24, 2.45) is 0 Å². The zero-order valence-electron chi connectivity index (χ0n) is 11.1. The van der Waals surface area contributed by atoms with Crippen molar-refractivity contribution in [3.8, 4) is 0 Å². The summed E-state index contributed by atoms with van der Waals surface area (Å²) < 4.78 is 27.0. The third kappa shape index (κ3) is 2.52. The fraction of sp³-hybridized carbons (Fsp3) is 0.200. The summed E-state index contributed by atoms with van der Waals surface area (Å²) in [5.41, 5.74) is 2.51. The van der Waals surface area contributed by atoms with Crippen LogP contribution in [0.1, 0.15) is 11.1 Å². The Balaban J connectivity index is 2.04. The summed E-state index contributed by atoms with van der Waals surface area (Å²) in [5.74, 6) is 0.256. The van der Waals surface area contributed by atoms with Crippen molar-refractivity contribution in [2.45, 2.75) is 17.2 Å². The standard InChI is InChI=1S/C15H13Cl2NO2S/c16-10-12-5-6-13(9-14(12)17)21(19,20)18-8-7-11-3-1-2-4-15(11)18/h1-6,9H,7-8,10H2. The molecule has 3 nitrogen and oxygen atoms in total. The number of para-hydroxylation sites is 1. The predicted molar refractivity (Wildman–Crippen MR) is 85.7 cm³/mol. The van der Waals surface area contributed by atoms with Gasteiger partial charge in [0.25, 0.3) is 10.0 Å².